The molecule has 8 heteroatoms. The molecule has 7 nitrogen and oxygen atoms in total. The van der Waals surface area contributed by atoms with Crippen molar-refractivity contribution in [2.75, 3.05) is 33.1 Å². The highest BCUT2D eigenvalue weighted by molar-refractivity contribution is 6.02. The van der Waals surface area contributed by atoms with E-state index in [-0.39, 0.29) is 35.7 Å². The monoisotopic (exact) mass is 504 g/mol. The lowest BCUT2D eigenvalue weighted by molar-refractivity contribution is 0.0828. The van der Waals surface area contributed by atoms with E-state index in [1.807, 2.05) is 50.4 Å². The standard InChI is InChI=1S/C29H33FN4O3/c1-17(2)10-20(16-35)33-27-23(29(36)34(3)4)11-18(13-25(27)30)19-12-22-24(15-32-28(22)31-14-19)21-8-6-7-9-26(21)37-5/h6-9,11-15,17,20,33,35H,10,16H2,1-5H3,(H,31,32)/t20-/m1/s1. The number of benzene rings is 2. The molecule has 0 radical (unpaired) electrons. The lowest BCUT2D eigenvalue weighted by Crippen LogP contribution is -2.29. The Balaban J connectivity index is 1.83. The first-order valence-electron chi connectivity index (χ1n) is 12.3. The number of carbonyl (C=O) groups excluding carboxylic acids is 1. The van der Waals surface area contributed by atoms with Gasteiger partial charge in [0.15, 0.2) is 0 Å². The van der Waals surface area contributed by atoms with E-state index in [0.717, 1.165) is 22.3 Å². The molecule has 0 spiro atoms. The first-order chi connectivity index (χ1) is 17.7. The molecular weight excluding hydrogens is 471 g/mol. The second kappa shape index (κ2) is 11.0. The van der Waals surface area contributed by atoms with E-state index in [1.165, 1.54) is 11.0 Å². The minimum Gasteiger partial charge on any atom is -0.496 e. The van der Waals surface area contributed by atoms with Gasteiger partial charge >= 0.3 is 0 Å². The van der Waals surface area contributed by atoms with Gasteiger partial charge < -0.3 is 25.0 Å². The number of fused-ring (bicyclic) bond motifs is 1. The lowest BCUT2D eigenvalue weighted by atomic mass is 9.98. The van der Waals surface area contributed by atoms with Gasteiger partial charge in [-0.25, -0.2) is 9.37 Å². The van der Waals surface area contributed by atoms with E-state index in [4.69, 9.17) is 4.74 Å². The van der Waals surface area contributed by atoms with Crippen molar-refractivity contribution in [1.29, 1.82) is 0 Å². The van der Waals surface area contributed by atoms with Crippen LogP contribution in [-0.2, 0) is 0 Å². The molecule has 0 bridgehead atoms. The Morgan fingerprint density at radius 1 is 1.16 bits per heavy atom. The van der Waals surface area contributed by atoms with Crippen LogP contribution in [0.2, 0.25) is 0 Å². The highest BCUT2D eigenvalue weighted by Crippen LogP contribution is 2.37. The number of ether oxygens (including phenoxy) is 1. The SMILES string of the molecule is COc1ccccc1-c1c[nH]c2ncc(-c3cc(F)c(N[C@@H](CO)CC(C)C)c(C(=O)N(C)C)c3)cc12. The number of hydrogen-bond donors (Lipinski definition) is 3. The normalized spacial score (nSPS) is 12.1. The highest BCUT2D eigenvalue weighted by atomic mass is 19.1. The van der Waals surface area contributed by atoms with Crippen LogP contribution in [-0.4, -0.2) is 59.7 Å². The number of methoxy groups -OCH3 is 1. The van der Waals surface area contributed by atoms with E-state index in [2.05, 4.69) is 15.3 Å². The number of pyridine rings is 1. The van der Waals surface area contributed by atoms with Gasteiger partial charge in [0.25, 0.3) is 5.91 Å². The molecule has 0 saturated heterocycles. The topological polar surface area (TPSA) is 90.5 Å². The van der Waals surface area contributed by atoms with Crippen LogP contribution in [0.3, 0.4) is 0 Å². The number of amides is 1. The molecule has 2 heterocycles. The largest absolute Gasteiger partial charge is 0.496 e. The van der Waals surface area contributed by atoms with Gasteiger partial charge in [0.2, 0.25) is 0 Å². The number of aromatic amines is 1. The van der Waals surface area contributed by atoms with Crippen LogP contribution >= 0.6 is 0 Å². The van der Waals surface area contributed by atoms with Crippen LogP contribution in [0.1, 0.15) is 30.6 Å². The maximum atomic E-state index is 15.6. The van der Waals surface area contributed by atoms with Gasteiger partial charge in [0.05, 0.1) is 25.0 Å². The summed E-state index contributed by atoms with van der Waals surface area (Å²) in [5.41, 5.74) is 3.98. The van der Waals surface area contributed by atoms with Gasteiger partial charge in [-0.3, -0.25) is 4.79 Å². The van der Waals surface area contributed by atoms with Crippen LogP contribution in [0.25, 0.3) is 33.3 Å². The second-order valence-corrected chi connectivity index (χ2v) is 9.76. The summed E-state index contributed by atoms with van der Waals surface area (Å²) < 4.78 is 21.1. The van der Waals surface area contributed by atoms with Crippen molar-refractivity contribution in [2.45, 2.75) is 26.3 Å². The number of carbonyl (C=O) groups is 1. The van der Waals surface area contributed by atoms with Gasteiger partial charge in [-0.2, -0.15) is 0 Å². The molecular formula is C29H33FN4O3. The number of para-hydroxylation sites is 1. The lowest BCUT2D eigenvalue weighted by Gasteiger charge is -2.23. The number of nitrogens with one attached hydrogen (secondary N) is 2. The molecule has 0 fully saturated rings. The molecule has 1 amide bonds. The first kappa shape index (κ1) is 26.2. The van der Waals surface area contributed by atoms with Crippen LogP contribution < -0.4 is 10.1 Å². The summed E-state index contributed by atoms with van der Waals surface area (Å²) in [5, 5.41) is 13.8. The summed E-state index contributed by atoms with van der Waals surface area (Å²) in [5.74, 6) is 0.115. The van der Waals surface area contributed by atoms with Crippen molar-refractivity contribution in [3.63, 3.8) is 0 Å². The molecule has 0 aliphatic rings. The van der Waals surface area contributed by atoms with Crippen LogP contribution in [0, 0.1) is 11.7 Å². The van der Waals surface area contributed by atoms with Crippen molar-refractivity contribution < 1.29 is 19.0 Å². The minimum absolute atomic E-state index is 0.0903. The Kier molecular flexibility index (Phi) is 7.78. The number of rotatable bonds is 9. The number of aliphatic hydroxyl groups is 1. The van der Waals surface area contributed by atoms with Crippen LogP contribution in [0.4, 0.5) is 10.1 Å². The third kappa shape index (κ3) is 5.44. The fraction of sp³-hybridized carbons (Fsp3) is 0.310. The van der Waals surface area contributed by atoms with Gasteiger partial charge in [-0.05, 0) is 42.2 Å². The molecule has 194 valence electrons. The van der Waals surface area contributed by atoms with E-state index in [0.29, 0.717) is 23.2 Å². The van der Waals surface area contributed by atoms with E-state index >= 15 is 4.39 Å². The summed E-state index contributed by atoms with van der Waals surface area (Å²) in [6, 6.07) is 12.3. The quantitative estimate of drug-likeness (QED) is 0.277. The Morgan fingerprint density at radius 3 is 2.59 bits per heavy atom. The molecule has 0 aliphatic heterocycles. The smallest absolute Gasteiger partial charge is 0.255 e. The molecule has 37 heavy (non-hydrogen) atoms. The molecule has 1 atom stereocenters. The van der Waals surface area contributed by atoms with Crippen molar-refractivity contribution in [3.8, 4) is 28.0 Å². The molecule has 2 aromatic heterocycles. The molecule has 0 aliphatic carbocycles. The number of aromatic nitrogens is 2. The summed E-state index contributed by atoms with van der Waals surface area (Å²) >= 11 is 0. The maximum Gasteiger partial charge on any atom is 0.255 e. The molecule has 0 saturated carbocycles. The highest BCUT2D eigenvalue weighted by Gasteiger charge is 2.22. The van der Waals surface area contributed by atoms with Crippen molar-refractivity contribution in [2.24, 2.45) is 5.92 Å². The van der Waals surface area contributed by atoms with E-state index in [9.17, 15) is 9.90 Å². The Morgan fingerprint density at radius 2 is 1.92 bits per heavy atom. The van der Waals surface area contributed by atoms with Crippen LogP contribution in [0.15, 0.2) is 54.9 Å². The second-order valence-electron chi connectivity index (χ2n) is 9.76. The number of aliphatic hydroxyl groups excluding tert-OH is 1. The van der Waals surface area contributed by atoms with Crippen molar-refractivity contribution >= 4 is 22.6 Å². The first-order valence-corrected chi connectivity index (χ1v) is 12.3. The molecule has 4 rings (SSSR count). The van der Waals surface area contributed by atoms with E-state index < -0.39 is 5.82 Å². The molecule has 3 N–H and O–H groups in total. The Labute approximate surface area is 216 Å². The maximum absolute atomic E-state index is 15.6. The third-order valence-electron chi connectivity index (χ3n) is 6.31. The van der Waals surface area contributed by atoms with Gasteiger partial charge in [-0.15, -0.1) is 0 Å². The zero-order valence-corrected chi connectivity index (χ0v) is 21.8. The van der Waals surface area contributed by atoms with Gasteiger partial charge in [0, 0.05) is 54.6 Å². The predicted octanol–water partition coefficient (Wildman–Crippen LogP) is 5.57. The van der Waals surface area contributed by atoms with Gasteiger partial charge in [0.1, 0.15) is 17.2 Å². The summed E-state index contributed by atoms with van der Waals surface area (Å²) in [6.45, 7) is 3.88. The molecule has 0 unspecified atom stereocenters. The summed E-state index contributed by atoms with van der Waals surface area (Å²) in [6.07, 6.45) is 4.16. The average Bonchev–Trinajstić information content (AvgIpc) is 3.31. The zero-order chi connectivity index (χ0) is 26.7. The number of nitrogens with zero attached hydrogens (tertiary/aromatic N) is 2. The van der Waals surface area contributed by atoms with Crippen LogP contribution in [0.5, 0.6) is 5.75 Å². The Bertz CT molecular complexity index is 1410. The Hall–Kier alpha value is -3.91. The fourth-order valence-corrected chi connectivity index (χ4v) is 4.53. The minimum atomic E-state index is -0.566. The number of anilines is 1. The number of H-pyrrole nitrogens is 1. The van der Waals surface area contributed by atoms with E-state index in [1.54, 1.807) is 33.5 Å². The fourth-order valence-electron chi connectivity index (χ4n) is 4.53. The van der Waals surface area contributed by atoms with Crippen molar-refractivity contribution in [1.82, 2.24) is 14.9 Å². The number of hydrogen-bond acceptors (Lipinski definition) is 5. The van der Waals surface area contributed by atoms with Gasteiger partial charge in [-0.1, -0.05) is 32.0 Å². The zero-order valence-electron chi connectivity index (χ0n) is 21.8. The van der Waals surface area contributed by atoms with Crippen molar-refractivity contribution in [3.05, 3.63) is 66.2 Å². The number of halogens is 1. The molecule has 2 aromatic carbocycles. The predicted molar refractivity (Wildman–Crippen MR) is 145 cm³/mol. The third-order valence-corrected chi connectivity index (χ3v) is 6.31. The summed E-state index contributed by atoms with van der Waals surface area (Å²) in [4.78, 5) is 22.2. The molecule has 4 aromatic rings. The average molecular weight is 505 g/mol. The summed E-state index contributed by atoms with van der Waals surface area (Å²) in [7, 11) is 4.88.